The first-order valence-corrected chi connectivity index (χ1v) is 4.75. The van der Waals surface area contributed by atoms with Crippen LogP contribution in [0.25, 0.3) is 6.08 Å². The van der Waals surface area contributed by atoms with E-state index in [1.54, 1.807) is 13.8 Å². The van der Waals surface area contributed by atoms with Crippen LogP contribution in [0.15, 0.2) is 47.6 Å². The van der Waals surface area contributed by atoms with Crippen LogP contribution in [-0.2, 0) is 4.79 Å². The van der Waals surface area contributed by atoms with Crippen molar-refractivity contribution in [3.05, 3.63) is 53.1 Å². The topological polar surface area (TPSA) is 37.3 Å². The summed E-state index contributed by atoms with van der Waals surface area (Å²) >= 11 is 0. The van der Waals surface area contributed by atoms with Gasteiger partial charge in [-0.2, -0.15) is 0 Å². The Morgan fingerprint density at radius 2 is 1.80 bits per heavy atom. The molecule has 1 rings (SSSR count). The van der Waals surface area contributed by atoms with Crippen molar-refractivity contribution in [2.75, 3.05) is 0 Å². The van der Waals surface area contributed by atoms with Gasteiger partial charge in [0, 0.05) is 5.57 Å². The van der Waals surface area contributed by atoms with Crippen LogP contribution in [-0.4, -0.2) is 11.1 Å². The first-order valence-electron chi connectivity index (χ1n) is 4.75. The van der Waals surface area contributed by atoms with E-state index in [1.165, 1.54) is 0 Å². The molecular formula is C13H14O2. The molecule has 0 heterocycles. The molecule has 0 bridgehead atoms. The second-order valence-corrected chi connectivity index (χ2v) is 3.36. The van der Waals surface area contributed by atoms with E-state index in [0.717, 1.165) is 11.1 Å². The van der Waals surface area contributed by atoms with Gasteiger partial charge in [0.25, 0.3) is 0 Å². The standard InChI is InChI=1S/C13H14O2/c1-10(11(2)13(14)15)8-9-12-6-4-3-5-7-12/h3-9H,1-2H3,(H,14,15)/b9-8+,11-10-. The summed E-state index contributed by atoms with van der Waals surface area (Å²) in [5.41, 5.74) is 2.21. The largest absolute Gasteiger partial charge is 0.478 e. The smallest absolute Gasteiger partial charge is 0.331 e. The highest BCUT2D eigenvalue weighted by Crippen LogP contribution is 2.08. The fourth-order valence-corrected chi connectivity index (χ4v) is 1.08. The van der Waals surface area contributed by atoms with E-state index >= 15 is 0 Å². The maximum Gasteiger partial charge on any atom is 0.331 e. The molecule has 0 saturated heterocycles. The number of carboxylic acids is 1. The number of carboxylic acid groups (broad SMARTS) is 1. The van der Waals surface area contributed by atoms with Crippen LogP contribution < -0.4 is 0 Å². The lowest BCUT2D eigenvalue weighted by Crippen LogP contribution is -1.97. The normalized spacial score (nSPS) is 12.7. The Labute approximate surface area is 89.6 Å². The Kier molecular flexibility index (Phi) is 3.86. The van der Waals surface area contributed by atoms with E-state index < -0.39 is 5.97 Å². The van der Waals surface area contributed by atoms with E-state index in [0.29, 0.717) is 5.57 Å². The summed E-state index contributed by atoms with van der Waals surface area (Å²) in [6.45, 7) is 3.40. The van der Waals surface area contributed by atoms with Crippen molar-refractivity contribution < 1.29 is 9.90 Å². The molecule has 0 aliphatic carbocycles. The summed E-state index contributed by atoms with van der Waals surface area (Å²) in [5, 5.41) is 8.76. The highest BCUT2D eigenvalue weighted by molar-refractivity contribution is 5.87. The van der Waals surface area contributed by atoms with Gasteiger partial charge in [0.05, 0.1) is 0 Å². The maximum atomic E-state index is 10.7. The summed E-state index contributed by atoms with van der Waals surface area (Å²) in [6, 6.07) is 9.79. The molecule has 0 spiro atoms. The lowest BCUT2D eigenvalue weighted by atomic mass is 10.1. The van der Waals surface area contributed by atoms with Gasteiger partial charge in [0.15, 0.2) is 0 Å². The molecule has 0 atom stereocenters. The first kappa shape index (κ1) is 11.2. The van der Waals surface area contributed by atoms with Crippen LogP contribution in [0.2, 0.25) is 0 Å². The zero-order valence-corrected chi connectivity index (χ0v) is 8.90. The highest BCUT2D eigenvalue weighted by Gasteiger charge is 2.01. The molecule has 1 N–H and O–H groups in total. The molecule has 0 amide bonds. The first-order chi connectivity index (χ1) is 7.11. The SMILES string of the molecule is CC(/C=C/c1ccccc1)=C(\C)C(=O)O. The summed E-state index contributed by atoms with van der Waals surface area (Å²) in [7, 11) is 0. The van der Waals surface area contributed by atoms with Gasteiger partial charge in [-0.1, -0.05) is 42.5 Å². The van der Waals surface area contributed by atoms with Crippen molar-refractivity contribution in [1.29, 1.82) is 0 Å². The third kappa shape index (κ3) is 3.43. The van der Waals surface area contributed by atoms with E-state index in [4.69, 9.17) is 5.11 Å². The van der Waals surface area contributed by atoms with Gasteiger partial charge < -0.3 is 5.11 Å². The van der Waals surface area contributed by atoms with Crippen LogP contribution in [0, 0.1) is 0 Å². The van der Waals surface area contributed by atoms with E-state index in [9.17, 15) is 4.79 Å². The molecule has 0 aliphatic heterocycles. The Bertz CT molecular complexity index is 400. The van der Waals surface area contributed by atoms with E-state index in [-0.39, 0.29) is 0 Å². The molecule has 2 nitrogen and oxygen atoms in total. The molecule has 0 fully saturated rings. The molecule has 1 aromatic rings. The molecule has 0 aromatic heterocycles. The second kappa shape index (κ2) is 5.15. The van der Waals surface area contributed by atoms with Crippen LogP contribution >= 0.6 is 0 Å². The number of hydrogen-bond donors (Lipinski definition) is 1. The van der Waals surface area contributed by atoms with Crippen molar-refractivity contribution in [3.8, 4) is 0 Å². The number of aliphatic carboxylic acids is 1. The fraction of sp³-hybridized carbons (Fsp3) is 0.154. The van der Waals surface area contributed by atoms with Gasteiger partial charge >= 0.3 is 5.97 Å². The molecule has 0 unspecified atom stereocenters. The lowest BCUT2D eigenvalue weighted by Gasteiger charge is -1.97. The zero-order valence-electron chi connectivity index (χ0n) is 8.90. The highest BCUT2D eigenvalue weighted by atomic mass is 16.4. The van der Waals surface area contributed by atoms with Crippen LogP contribution in [0.4, 0.5) is 0 Å². The minimum Gasteiger partial charge on any atom is -0.478 e. The van der Waals surface area contributed by atoms with Gasteiger partial charge in [0.1, 0.15) is 0 Å². The van der Waals surface area contributed by atoms with E-state index in [2.05, 4.69) is 0 Å². The fourth-order valence-electron chi connectivity index (χ4n) is 1.08. The lowest BCUT2D eigenvalue weighted by molar-refractivity contribution is -0.132. The molecular weight excluding hydrogens is 188 g/mol. The number of rotatable bonds is 3. The molecule has 0 radical (unpaired) electrons. The third-order valence-corrected chi connectivity index (χ3v) is 2.24. The van der Waals surface area contributed by atoms with Gasteiger partial charge in [-0.15, -0.1) is 0 Å². The zero-order chi connectivity index (χ0) is 11.3. The Hall–Kier alpha value is -1.83. The van der Waals surface area contributed by atoms with Gasteiger partial charge in [-0.25, -0.2) is 4.79 Å². The molecule has 1 aromatic carbocycles. The second-order valence-electron chi connectivity index (χ2n) is 3.36. The Morgan fingerprint density at radius 1 is 1.20 bits per heavy atom. The predicted octanol–water partition coefficient (Wildman–Crippen LogP) is 3.12. The minimum atomic E-state index is -0.870. The maximum absolute atomic E-state index is 10.7. The van der Waals surface area contributed by atoms with Crippen LogP contribution in [0.1, 0.15) is 19.4 Å². The summed E-state index contributed by atoms with van der Waals surface area (Å²) in [4.78, 5) is 10.7. The van der Waals surface area contributed by atoms with Crippen molar-refractivity contribution >= 4 is 12.0 Å². The van der Waals surface area contributed by atoms with Gasteiger partial charge in [-0.05, 0) is 25.0 Å². The average molecular weight is 202 g/mol. The van der Waals surface area contributed by atoms with E-state index in [1.807, 2.05) is 42.5 Å². The van der Waals surface area contributed by atoms with Crippen molar-refractivity contribution in [2.45, 2.75) is 13.8 Å². The number of benzene rings is 1. The van der Waals surface area contributed by atoms with Crippen molar-refractivity contribution in [3.63, 3.8) is 0 Å². The summed E-state index contributed by atoms with van der Waals surface area (Å²) in [6.07, 6.45) is 3.72. The number of hydrogen-bond acceptors (Lipinski definition) is 1. The summed E-state index contributed by atoms with van der Waals surface area (Å²) in [5.74, 6) is -0.870. The van der Waals surface area contributed by atoms with Gasteiger partial charge in [0.2, 0.25) is 0 Å². The molecule has 78 valence electrons. The minimum absolute atomic E-state index is 0.377. The Morgan fingerprint density at radius 3 is 2.33 bits per heavy atom. The molecule has 0 aliphatic rings. The molecule has 0 saturated carbocycles. The average Bonchev–Trinajstić information content (AvgIpc) is 2.26. The number of carbonyl (C=O) groups is 1. The molecule has 2 heteroatoms. The Balaban J connectivity index is 2.83. The van der Waals surface area contributed by atoms with Gasteiger partial charge in [-0.3, -0.25) is 0 Å². The van der Waals surface area contributed by atoms with Crippen molar-refractivity contribution in [1.82, 2.24) is 0 Å². The van der Waals surface area contributed by atoms with Crippen LogP contribution in [0.3, 0.4) is 0 Å². The van der Waals surface area contributed by atoms with Crippen molar-refractivity contribution in [2.24, 2.45) is 0 Å². The third-order valence-electron chi connectivity index (χ3n) is 2.24. The monoisotopic (exact) mass is 202 g/mol. The summed E-state index contributed by atoms with van der Waals surface area (Å²) < 4.78 is 0. The number of allylic oxidation sites excluding steroid dienone is 2. The quantitative estimate of drug-likeness (QED) is 0.604. The predicted molar refractivity (Wildman–Crippen MR) is 61.5 cm³/mol. The molecule has 15 heavy (non-hydrogen) atoms. The van der Waals surface area contributed by atoms with Crippen LogP contribution in [0.5, 0.6) is 0 Å².